The van der Waals surface area contributed by atoms with Crippen molar-refractivity contribution in [3.63, 3.8) is 0 Å². The Kier molecular flexibility index (Phi) is 7.52. The number of thioether (sulfide) groups is 1. The molecule has 0 bridgehead atoms. The van der Waals surface area contributed by atoms with Crippen LogP contribution in [0.4, 0.5) is 17.6 Å². The Balaban J connectivity index is 1.46. The van der Waals surface area contributed by atoms with Gasteiger partial charge in [-0.3, -0.25) is 0 Å². The lowest BCUT2D eigenvalue weighted by atomic mass is 10.3. The van der Waals surface area contributed by atoms with Crippen LogP contribution in [0.15, 0.2) is 54.6 Å². The second kappa shape index (κ2) is 10.5. The van der Waals surface area contributed by atoms with E-state index in [0.29, 0.717) is 18.4 Å². The maximum absolute atomic E-state index is 5.87. The van der Waals surface area contributed by atoms with Crippen LogP contribution in [0, 0.1) is 0 Å². The average Bonchev–Trinajstić information content (AvgIpc) is 2.74. The molecule has 0 unspecified atom stereocenters. The maximum atomic E-state index is 5.87. The number of anilines is 3. The zero-order valence-electron chi connectivity index (χ0n) is 16.5. The van der Waals surface area contributed by atoms with Crippen LogP contribution in [0.1, 0.15) is 24.4 Å². The van der Waals surface area contributed by atoms with Crippen LogP contribution in [-0.4, -0.2) is 34.4 Å². The second-order valence-electron chi connectivity index (χ2n) is 6.26. The van der Waals surface area contributed by atoms with Gasteiger partial charge in [0.15, 0.2) is 0 Å². The number of para-hydroxylation sites is 1. The van der Waals surface area contributed by atoms with E-state index in [2.05, 4.69) is 27.2 Å². The topological polar surface area (TPSA) is 95.2 Å². The molecule has 0 radical (unpaired) electrons. The quantitative estimate of drug-likeness (QED) is 0.472. The van der Waals surface area contributed by atoms with E-state index in [9.17, 15) is 0 Å². The Hall–Kier alpha value is -3.00. The standard InChI is InChI=1S/C21H25N5O2S/c1-15(29-14-6-13-28-18-11-9-17(27-2)10-12-18)19-24-20(22)26-21(25-19)23-16-7-4-3-5-8-16/h3-5,7-12,15H,6,13-14H2,1-2H3,(H3,22,23,24,25,26)/t15-/m1/s1. The first-order valence-corrected chi connectivity index (χ1v) is 10.4. The lowest BCUT2D eigenvalue weighted by molar-refractivity contribution is 0.318. The number of hydrogen-bond acceptors (Lipinski definition) is 8. The monoisotopic (exact) mass is 411 g/mol. The number of rotatable bonds is 10. The summed E-state index contributed by atoms with van der Waals surface area (Å²) in [6, 6.07) is 17.3. The summed E-state index contributed by atoms with van der Waals surface area (Å²) in [7, 11) is 1.65. The normalized spacial score (nSPS) is 11.7. The van der Waals surface area contributed by atoms with Crippen molar-refractivity contribution in [2.24, 2.45) is 0 Å². The first-order chi connectivity index (χ1) is 14.1. The number of benzene rings is 2. The number of nitrogen functional groups attached to an aromatic ring is 1. The molecule has 8 heteroatoms. The average molecular weight is 412 g/mol. The highest BCUT2D eigenvalue weighted by atomic mass is 32.2. The molecule has 2 aromatic carbocycles. The summed E-state index contributed by atoms with van der Waals surface area (Å²) >= 11 is 1.76. The number of nitrogens with two attached hydrogens (primary N) is 1. The van der Waals surface area contributed by atoms with Gasteiger partial charge in [0.25, 0.3) is 0 Å². The second-order valence-corrected chi connectivity index (χ2v) is 7.71. The van der Waals surface area contributed by atoms with Crippen LogP contribution in [0.2, 0.25) is 0 Å². The highest BCUT2D eigenvalue weighted by molar-refractivity contribution is 7.99. The van der Waals surface area contributed by atoms with Crippen LogP contribution in [0.5, 0.6) is 11.5 Å². The largest absolute Gasteiger partial charge is 0.497 e. The van der Waals surface area contributed by atoms with Crippen molar-refractivity contribution in [2.75, 3.05) is 30.5 Å². The van der Waals surface area contributed by atoms with Crippen molar-refractivity contribution in [2.45, 2.75) is 18.6 Å². The number of methoxy groups -OCH3 is 1. The fraction of sp³-hybridized carbons (Fsp3) is 0.286. The Morgan fingerprint density at radius 3 is 2.45 bits per heavy atom. The molecule has 3 N–H and O–H groups in total. The Morgan fingerprint density at radius 2 is 1.72 bits per heavy atom. The molecule has 7 nitrogen and oxygen atoms in total. The molecule has 0 spiro atoms. The smallest absolute Gasteiger partial charge is 0.232 e. The van der Waals surface area contributed by atoms with Gasteiger partial charge in [-0.15, -0.1) is 0 Å². The first kappa shape index (κ1) is 20.7. The van der Waals surface area contributed by atoms with E-state index < -0.39 is 0 Å². The zero-order valence-corrected chi connectivity index (χ0v) is 17.4. The highest BCUT2D eigenvalue weighted by Gasteiger charge is 2.13. The summed E-state index contributed by atoms with van der Waals surface area (Å²) in [4.78, 5) is 13.0. The number of aromatic nitrogens is 3. The molecule has 0 saturated heterocycles. The molecular formula is C21H25N5O2S. The molecule has 1 aromatic heterocycles. The summed E-state index contributed by atoms with van der Waals surface area (Å²) in [5.41, 5.74) is 6.77. The molecule has 0 aliphatic heterocycles. The summed E-state index contributed by atoms with van der Waals surface area (Å²) in [5.74, 6) is 3.91. The fourth-order valence-electron chi connectivity index (χ4n) is 2.55. The van der Waals surface area contributed by atoms with E-state index in [-0.39, 0.29) is 11.2 Å². The molecule has 152 valence electrons. The van der Waals surface area contributed by atoms with Crippen LogP contribution in [-0.2, 0) is 0 Å². The molecule has 0 aliphatic rings. The van der Waals surface area contributed by atoms with Crippen molar-refractivity contribution in [3.8, 4) is 11.5 Å². The molecule has 0 aliphatic carbocycles. The molecular weight excluding hydrogens is 386 g/mol. The van der Waals surface area contributed by atoms with Gasteiger partial charge in [-0.05, 0) is 55.5 Å². The predicted octanol–water partition coefficient (Wildman–Crippen LogP) is 4.47. The predicted molar refractivity (Wildman–Crippen MR) is 118 cm³/mol. The third-order valence-electron chi connectivity index (χ3n) is 4.05. The van der Waals surface area contributed by atoms with Gasteiger partial charge in [-0.25, -0.2) is 0 Å². The Bertz CT molecular complexity index is 893. The van der Waals surface area contributed by atoms with E-state index in [1.165, 1.54) is 0 Å². The minimum atomic E-state index is 0.0950. The first-order valence-electron chi connectivity index (χ1n) is 9.36. The Labute approximate surface area is 175 Å². The molecule has 0 fully saturated rings. The van der Waals surface area contributed by atoms with E-state index in [1.807, 2.05) is 54.6 Å². The third kappa shape index (κ3) is 6.53. The van der Waals surface area contributed by atoms with Gasteiger partial charge in [0, 0.05) is 5.69 Å². The van der Waals surface area contributed by atoms with E-state index in [1.54, 1.807) is 18.9 Å². The van der Waals surface area contributed by atoms with Crippen LogP contribution < -0.4 is 20.5 Å². The third-order valence-corrected chi connectivity index (χ3v) is 5.28. The van der Waals surface area contributed by atoms with Crippen LogP contribution >= 0.6 is 11.8 Å². The minimum Gasteiger partial charge on any atom is -0.497 e. The molecule has 0 amide bonds. The van der Waals surface area contributed by atoms with Gasteiger partial charge in [-0.2, -0.15) is 26.7 Å². The van der Waals surface area contributed by atoms with Gasteiger partial charge in [0.2, 0.25) is 11.9 Å². The maximum Gasteiger partial charge on any atom is 0.232 e. The fourth-order valence-corrected chi connectivity index (χ4v) is 3.45. The number of nitrogens with one attached hydrogen (secondary N) is 1. The van der Waals surface area contributed by atoms with Crippen molar-refractivity contribution in [1.29, 1.82) is 0 Å². The molecule has 0 saturated carbocycles. The van der Waals surface area contributed by atoms with Gasteiger partial charge >= 0.3 is 0 Å². The highest BCUT2D eigenvalue weighted by Crippen LogP contribution is 2.27. The van der Waals surface area contributed by atoms with Crippen molar-refractivity contribution < 1.29 is 9.47 Å². The van der Waals surface area contributed by atoms with E-state index >= 15 is 0 Å². The summed E-state index contributed by atoms with van der Waals surface area (Å²) in [5, 5.41) is 3.26. The van der Waals surface area contributed by atoms with E-state index in [0.717, 1.165) is 29.4 Å². The minimum absolute atomic E-state index is 0.0950. The van der Waals surface area contributed by atoms with Crippen molar-refractivity contribution >= 4 is 29.3 Å². The van der Waals surface area contributed by atoms with Crippen molar-refractivity contribution in [3.05, 3.63) is 60.4 Å². The zero-order chi connectivity index (χ0) is 20.5. The van der Waals surface area contributed by atoms with E-state index in [4.69, 9.17) is 15.2 Å². The lowest BCUT2D eigenvalue weighted by Crippen LogP contribution is -2.08. The summed E-state index contributed by atoms with van der Waals surface area (Å²) < 4.78 is 10.9. The van der Waals surface area contributed by atoms with Crippen LogP contribution in [0.3, 0.4) is 0 Å². The SMILES string of the molecule is COc1ccc(OCCCS[C@H](C)c2nc(N)nc(Nc3ccccc3)n2)cc1. The van der Waals surface area contributed by atoms with Gasteiger partial charge < -0.3 is 20.5 Å². The molecule has 1 atom stereocenters. The van der Waals surface area contributed by atoms with Gasteiger partial charge in [0.05, 0.1) is 19.0 Å². The molecule has 1 heterocycles. The van der Waals surface area contributed by atoms with Crippen LogP contribution in [0.25, 0.3) is 0 Å². The molecule has 29 heavy (non-hydrogen) atoms. The number of ether oxygens (including phenoxy) is 2. The lowest BCUT2D eigenvalue weighted by Gasteiger charge is -2.12. The summed E-state index contributed by atoms with van der Waals surface area (Å²) in [6.07, 6.45) is 0.913. The summed E-state index contributed by atoms with van der Waals surface area (Å²) in [6.45, 7) is 2.71. The van der Waals surface area contributed by atoms with Gasteiger partial charge in [-0.1, -0.05) is 18.2 Å². The Morgan fingerprint density at radius 1 is 1.00 bits per heavy atom. The number of nitrogens with zero attached hydrogens (tertiary/aromatic N) is 3. The molecule has 3 rings (SSSR count). The number of hydrogen-bond donors (Lipinski definition) is 2. The van der Waals surface area contributed by atoms with Gasteiger partial charge in [0.1, 0.15) is 17.3 Å². The van der Waals surface area contributed by atoms with Crippen molar-refractivity contribution in [1.82, 2.24) is 15.0 Å². The molecule has 3 aromatic rings.